The molecule has 0 aromatic carbocycles. The highest BCUT2D eigenvalue weighted by Gasteiger charge is 2.28. The van der Waals surface area contributed by atoms with Gasteiger partial charge in [-0.15, -0.1) is 0 Å². The lowest BCUT2D eigenvalue weighted by Gasteiger charge is -2.34. The Morgan fingerprint density at radius 1 is 1.18 bits per heavy atom. The molecule has 2 N–H and O–H groups in total. The van der Waals surface area contributed by atoms with Crippen molar-refractivity contribution in [3.05, 3.63) is 0 Å². The molecule has 0 bridgehead atoms. The van der Waals surface area contributed by atoms with Crippen molar-refractivity contribution in [2.45, 2.75) is 5.51 Å². The van der Waals surface area contributed by atoms with Crippen LogP contribution >= 0.6 is 24.0 Å². The first kappa shape index (κ1) is 15.0. The summed E-state index contributed by atoms with van der Waals surface area (Å²) in [7, 11) is 0. The molecule has 0 unspecified atom stereocenters. The summed E-state index contributed by atoms with van der Waals surface area (Å²) in [5, 5.41) is 0. The molecule has 1 aliphatic rings. The highest BCUT2D eigenvalue weighted by Crippen LogP contribution is 2.29. The number of alkyl halides is 3. The molecule has 0 aliphatic carbocycles. The number of piperazine rings is 1. The van der Waals surface area contributed by atoms with Crippen molar-refractivity contribution in [1.82, 2.24) is 9.80 Å². The monoisotopic (exact) mass is 287 g/mol. The Balaban J connectivity index is 2.13. The molecular formula is C9H16F3N3S2. The molecule has 3 nitrogen and oxygen atoms in total. The van der Waals surface area contributed by atoms with E-state index in [9.17, 15) is 13.2 Å². The quantitative estimate of drug-likeness (QED) is 0.767. The zero-order valence-electron chi connectivity index (χ0n) is 9.37. The third-order valence-electron chi connectivity index (χ3n) is 2.52. The molecular weight excluding hydrogens is 271 g/mol. The number of thiocarbonyl (C=S) groups is 1. The van der Waals surface area contributed by atoms with Gasteiger partial charge >= 0.3 is 5.51 Å². The van der Waals surface area contributed by atoms with E-state index in [0.717, 1.165) is 26.2 Å². The van der Waals surface area contributed by atoms with Crippen LogP contribution in [-0.4, -0.2) is 65.3 Å². The minimum atomic E-state index is -4.12. The summed E-state index contributed by atoms with van der Waals surface area (Å²) < 4.78 is 35.8. The highest BCUT2D eigenvalue weighted by atomic mass is 32.2. The molecule has 0 aromatic rings. The predicted octanol–water partition coefficient (Wildman–Crippen LogP) is 1.14. The van der Waals surface area contributed by atoms with Gasteiger partial charge in [-0.2, -0.15) is 13.2 Å². The molecule has 0 aromatic heterocycles. The van der Waals surface area contributed by atoms with Gasteiger partial charge in [0, 0.05) is 45.0 Å². The summed E-state index contributed by atoms with van der Waals surface area (Å²) in [5.74, 6) is 0.0960. The third kappa shape index (κ3) is 7.07. The zero-order valence-corrected chi connectivity index (χ0v) is 11.0. The molecule has 1 fully saturated rings. The largest absolute Gasteiger partial charge is 0.441 e. The number of halogens is 3. The van der Waals surface area contributed by atoms with E-state index in [2.05, 4.69) is 4.90 Å². The van der Waals surface area contributed by atoms with Crippen LogP contribution in [0.15, 0.2) is 0 Å². The van der Waals surface area contributed by atoms with Gasteiger partial charge in [-0.3, -0.25) is 9.80 Å². The van der Waals surface area contributed by atoms with Crippen molar-refractivity contribution in [1.29, 1.82) is 0 Å². The summed E-state index contributed by atoms with van der Waals surface area (Å²) in [5.41, 5.74) is 1.32. The maximum absolute atomic E-state index is 11.9. The second-order valence-corrected chi connectivity index (χ2v) is 5.56. The molecule has 1 saturated heterocycles. The van der Waals surface area contributed by atoms with E-state index >= 15 is 0 Å². The lowest BCUT2D eigenvalue weighted by molar-refractivity contribution is -0.0329. The van der Waals surface area contributed by atoms with E-state index < -0.39 is 5.51 Å². The average Bonchev–Trinajstić information content (AvgIpc) is 2.18. The Labute approximate surface area is 108 Å². The van der Waals surface area contributed by atoms with Gasteiger partial charge in [-0.05, 0) is 11.8 Å². The molecule has 1 heterocycles. The lowest BCUT2D eigenvalue weighted by Crippen LogP contribution is -2.49. The topological polar surface area (TPSA) is 32.5 Å². The van der Waals surface area contributed by atoms with Crippen molar-refractivity contribution >= 4 is 29.0 Å². The average molecular weight is 287 g/mol. The van der Waals surface area contributed by atoms with Gasteiger partial charge in [0.1, 0.15) is 0 Å². The van der Waals surface area contributed by atoms with Crippen LogP contribution in [0.5, 0.6) is 0 Å². The number of rotatable bonds is 5. The Kier molecular flexibility index (Phi) is 5.98. The molecule has 8 heteroatoms. The van der Waals surface area contributed by atoms with E-state index in [1.54, 1.807) is 0 Å². The number of nitrogens with two attached hydrogens (primary N) is 1. The van der Waals surface area contributed by atoms with Crippen molar-refractivity contribution in [2.24, 2.45) is 5.73 Å². The number of hydrogen-bond donors (Lipinski definition) is 1. The fraction of sp³-hybridized carbons (Fsp3) is 0.889. The van der Waals surface area contributed by atoms with Crippen molar-refractivity contribution < 1.29 is 13.2 Å². The summed E-state index contributed by atoms with van der Waals surface area (Å²) in [6.45, 7) is 4.26. The fourth-order valence-electron chi connectivity index (χ4n) is 1.68. The molecule has 0 atom stereocenters. The summed E-state index contributed by atoms with van der Waals surface area (Å²) in [6, 6.07) is 0. The maximum atomic E-state index is 11.9. The molecule has 0 saturated carbocycles. The number of hydrogen-bond acceptors (Lipinski definition) is 4. The van der Waals surface area contributed by atoms with Gasteiger partial charge in [-0.25, -0.2) is 0 Å². The van der Waals surface area contributed by atoms with Gasteiger partial charge in [0.25, 0.3) is 0 Å². The van der Waals surface area contributed by atoms with Crippen LogP contribution in [-0.2, 0) is 0 Å². The predicted molar refractivity (Wildman–Crippen MR) is 68.2 cm³/mol. The van der Waals surface area contributed by atoms with Gasteiger partial charge in [0.15, 0.2) is 0 Å². The van der Waals surface area contributed by atoms with Crippen molar-refractivity contribution in [2.75, 3.05) is 45.0 Å². The highest BCUT2D eigenvalue weighted by molar-refractivity contribution is 8.00. The van der Waals surface area contributed by atoms with Crippen LogP contribution < -0.4 is 5.73 Å². The first-order valence-corrected chi connectivity index (χ1v) is 6.70. The van der Waals surface area contributed by atoms with Crippen LogP contribution in [0, 0.1) is 0 Å². The lowest BCUT2D eigenvalue weighted by atomic mass is 10.3. The summed E-state index contributed by atoms with van der Waals surface area (Å²) >= 11 is 4.85. The second-order valence-electron chi connectivity index (χ2n) is 3.88. The van der Waals surface area contributed by atoms with Gasteiger partial charge in [0.05, 0.1) is 4.99 Å². The van der Waals surface area contributed by atoms with Gasteiger partial charge in [0.2, 0.25) is 0 Å². The molecule has 17 heavy (non-hydrogen) atoms. The Bertz CT molecular complexity index is 252. The van der Waals surface area contributed by atoms with Crippen LogP contribution in [0.25, 0.3) is 0 Å². The molecule has 1 rings (SSSR count). The van der Waals surface area contributed by atoms with Gasteiger partial charge in [-0.1, -0.05) is 12.2 Å². The zero-order chi connectivity index (χ0) is 12.9. The minimum absolute atomic E-state index is 0.0426. The number of nitrogens with zero attached hydrogens (tertiary/aromatic N) is 2. The molecule has 0 amide bonds. The maximum Gasteiger partial charge on any atom is 0.441 e. The standard InChI is InChI=1S/C9H16F3N3S2/c10-9(11,12)17-6-5-14-1-3-15(4-2-14)7-8(13)16/h1-7H2,(H2,13,16). The number of thioether (sulfide) groups is 1. The summed E-state index contributed by atoms with van der Waals surface area (Å²) in [4.78, 5) is 4.62. The van der Waals surface area contributed by atoms with Gasteiger partial charge < -0.3 is 5.73 Å². The first-order chi connectivity index (χ1) is 7.87. The van der Waals surface area contributed by atoms with E-state index in [-0.39, 0.29) is 17.5 Å². The van der Waals surface area contributed by atoms with E-state index in [1.165, 1.54) is 0 Å². The fourth-order valence-corrected chi connectivity index (χ4v) is 2.45. The molecule has 0 spiro atoms. The SMILES string of the molecule is NC(=S)CN1CCN(CCSC(F)(F)F)CC1. The molecule has 100 valence electrons. The van der Waals surface area contributed by atoms with E-state index in [4.69, 9.17) is 18.0 Å². The smallest absolute Gasteiger partial charge is 0.392 e. The third-order valence-corrected chi connectivity index (χ3v) is 3.36. The van der Waals surface area contributed by atoms with Crippen LogP contribution in [0.4, 0.5) is 13.2 Å². The van der Waals surface area contributed by atoms with Crippen LogP contribution in [0.3, 0.4) is 0 Å². The van der Waals surface area contributed by atoms with Crippen LogP contribution in [0.1, 0.15) is 0 Å². The first-order valence-electron chi connectivity index (χ1n) is 5.30. The Hall–Kier alpha value is -0.0500. The van der Waals surface area contributed by atoms with E-state index in [0.29, 0.717) is 18.1 Å². The Morgan fingerprint density at radius 2 is 1.71 bits per heavy atom. The molecule has 1 aliphatic heterocycles. The van der Waals surface area contributed by atoms with Crippen LogP contribution in [0.2, 0.25) is 0 Å². The molecule has 0 radical (unpaired) electrons. The van der Waals surface area contributed by atoms with E-state index in [1.807, 2.05) is 4.90 Å². The van der Waals surface area contributed by atoms with Crippen molar-refractivity contribution in [3.63, 3.8) is 0 Å². The summed E-state index contributed by atoms with van der Waals surface area (Å²) in [6.07, 6.45) is 0. The Morgan fingerprint density at radius 3 is 2.18 bits per heavy atom. The minimum Gasteiger partial charge on any atom is -0.392 e. The van der Waals surface area contributed by atoms with Crippen molar-refractivity contribution in [3.8, 4) is 0 Å². The second kappa shape index (κ2) is 6.77. The normalized spacial score (nSPS) is 19.5.